The number of rotatable bonds is 7. The SMILES string of the molecule is CCC(=O)Nc1cccc(C(=O)N2CCCCC2CNC(=O)CCN)c1.Cl. The smallest absolute Gasteiger partial charge is 0.254 e. The van der Waals surface area contributed by atoms with Gasteiger partial charge in [-0.2, -0.15) is 0 Å². The van der Waals surface area contributed by atoms with E-state index in [2.05, 4.69) is 10.6 Å². The van der Waals surface area contributed by atoms with Crippen molar-refractivity contribution in [1.29, 1.82) is 0 Å². The van der Waals surface area contributed by atoms with Gasteiger partial charge in [0.25, 0.3) is 5.91 Å². The van der Waals surface area contributed by atoms with Gasteiger partial charge in [0.15, 0.2) is 0 Å². The molecule has 1 fully saturated rings. The molecule has 0 radical (unpaired) electrons. The quantitative estimate of drug-likeness (QED) is 0.654. The van der Waals surface area contributed by atoms with E-state index in [-0.39, 0.29) is 36.2 Å². The number of nitrogens with zero attached hydrogens (tertiary/aromatic N) is 1. The van der Waals surface area contributed by atoms with E-state index in [4.69, 9.17) is 5.73 Å². The zero-order valence-electron chi connectivity index (χ0n) is 15.7. The van der Waals surface area contributed by atoms with Crippen molar-refractivity contribution in [2.24, 2.45) is 5.73 Å². The number of hydrogen-bond donors (Lipinski definition) is 3. The van der Waals surface area contributed by atoms with Crippen LogP contribution in [0.15, 0.2) is 24.3 Å². The third kappa shape index (κ3) is 6.84. The standard InChI is InChI=1S/C19H28N4O3.ClH/c1-2-17(24)22-15-7-5-6-14(12-15)19(26)23-11-4-3-8-16(23)13-21-18(25)9-10-20;/h5-7,12,16H,2-4,8-11,13,20H2,1H3,(H,21,25)(H,22,24);1H. The first kappa shape index (κ1) is 22.9. The van der Waals surface area contributed by atoms with Crippen molar-refractivity contribution in [3.8, 4) is 0 Å². The molecule has 1 atom stereocenters. The van der Waals surface area contributed by atoms with E-state index in [1.165, 1.54) is 0 Å². The van der Waals surface area contributed by atoms with Crippen LogP contribution in [-0.4, -0.2) is 48.3 Å². The van der Waals surface area contributed by atoms with Crippen molar-refractivity contribution in [2.75, 3.05) is 25.0 Å². The van der Waals surface area contributed by atoms with Gasteiger partial charge in [-0.25, -0.2) is 0 Å². The third-order valence-electron chi connectivity index (χ3n) is 4.51. The van der Waals surface area contributed by atoms with E-state index in [0.717, 1.165) is 19.3 Å². The maximum atomic E-state index is 13.0. The first-order chi connectivity index (χ1) is 12.5. The Kier molecular flexibility index (Phi) is 9.82. The molecule has 1 aromatic rings. The average Bonchev–Trinajstić information content (AvgIpc) is 2.66. The van der Waals surface area contributed by atoms with E-state index in [9.17, 15) is 14.4 Å². The molecule has 1 unspecified atom stereocenters. The molecule has 1 heterocycles. The Morgan fingerprint density at radius 1 is 1.22 bits per heavy atom. The minimum atomic E-state index is -0.0898. The van der Waals surface area contributed by atoms with E-state index in [0.29, 0.717) is 43.7 Å². The Labute approximate surface area is 166 Å². The molecule has 0 saturated carbocycles. The number of nitrogens with one attached hydrogen (secondary N) is 2. The molecule has 0 aliphatic carbocycles. The van der Waals surface area contributed by atoms with Gasteiger partial charge < -0.3 is 21.3 Å². The summed E-state index contributed by atoms with van der Waals surface area (Å²) < 4.78 is 0. The van der Waals surface area contributed by atoms with Gasteiger partial charge in [-0.3, -0.25) is 14.4 Å². The van der Waals surface area contributed by atoms with Crippen LogP contribution in [0.25, 0.3) is 0 Å². The highest BCUT2D eigenvalue weighted by Gasteiger charge is 2.27. The van der Waals surface area contributed by atoms with Crippen molar-refractivity contribution in [3.05, 3.63) is 29.8 Å². The fourth-order valence-electron chi connectivity index (χ4n) is 3.08. The van der Waals surface area contributed by atoms with Crippen molar-refractivity contribution in [1.82, 2.24) is 10.2 Å². The number of piperidine rings is 1. The molecule has 7 nitrogen and oxygen atoms in total. The summed E-state index contributed by atoms with van der Waals surface area (Å²) in [4.78, 5) is 38.0. The summed E-state index contributed by atoms with van der Waals surface area (Å²) in [6.45, 7) is 3.20. The van der Waals surface area contributed by atoms with E-state index in [1.807, 2.05) is 4.90 Å². The molecule has 27 heavy (non-hydrogen) atoms. The third-order valence-corrected chi connectivity index (χ3v) is 4.51. The fraction of sp³-hybridized carbons (Fsp3) is 0.526. The summed E-state index contributed by atoms with van der Waals surface area (Å²) in [5.74, 6) is -0.252. The summed E-state index contributed by atoms with van der Waals surface area (Å²) >= 11 is 0. The number of halogens is 1. The van der Waals surface area contributed by atoms with Crippen molar-refractivity contribution in [2.45, 2.75) is 45.1 Å². The zero-order valence-corrected chi connectivity index (χ0v) is 16.5. The highest BCUT2D eigenvalue weighted by atomic mass is 35.5. The second kappa shape index (κ2) is 11.6. The van der Waals surface area contributed by atoms with Crippen LogP contribution < -0.4 is 16.4 Å². The molecule has 4 N–H and O–H groups in total. The number of benzene rings is 1. The monoisotopic (exact) mass is 396 g/mol. The lowest BCUT2D eigenvalue weighted by atomic mass is 10.0. The molecule has 2 rings (SSSR count). The number of carbonyl (C=O) groups is 3. The van der Waals surface area contributed by atoms with Crippen LogP contribution >= 0.6 is 12.4 Å². The maximum absolute atomic E-state index is 13.0. The molecule has 1 aromatic carbocycles. The van der Waals surface area contributed by atoms with Crippen molar-refractivity contribution >= 4 is 35.8 Å². The molecular formula is C19H29ClN4O3. The number of likely N-dealkylation sites (tertiary alicyclic amines) is 1. The Hall–Kier alpha value is -2.12. The Morgan fingerprint density at radius 2 is 2.00 bits per heavy atom. The molecule has 0 bridgehead atoms. The second-order valence-corrected chi connectivity index (χ2v) is 6.47. The lowest BCUT2D eigenvalue weighted by Gasteiger charge is -2.36. The zero-order chi connectivity index (χ0) is 18.9. The molecular weight excluding hydrogens is 368 g/mol. The lowest BCUT2D eigenvalue weighted by Crippen LogP contribution is -2.49. The topological polar surface area (TPSA) is 105 Å². The maximum Gasteiger partial charge on any atom is 0.254 e. The minimum Gasteiger partial charge on any atom is -0.354 e. The van der Waals surface area contributed by atoms with Gasteiger partial charge in [0.05, 0.1) is 0 Å². The normalized spacial score (nSPS) is 16.2. The summed E-state index contributed by atoms with van der Waals surface area (Å²) in [5.41, 5.74) is 6.55. The predicted octanol–water partition coefficient (Wildman–Crippen LogP) is 1.92. The van der Waals surface area contributed by atoms with Crippen LogP contribution in [0.2, 0.25) is 0 Å². The Balaban J connectivity index is 0.00000364. The van der Waals surface area contributed by atoms with E-state index < -0.39 is 0 Å². The van der Waals surface area contributed by atoms with Crippen LogP contribution in [-0.2, 0) is 9.59 Å². The molecule has 3 amide bonds. The largest absolute Gasteiger partial charge is 0.354 e. The molecule has 8 heteroatoms. The molecule has 1 aliphatic heterocycles. The van der Waals surface area contributed by atoms with Gasteiger partial charge in [0.1, 0.15) is 0 Å². The van der Waals surface area contributed by atoms with E-state index in [1.54, 1.807) is 31.2 Å². The number of hydrogen-bond acceptors (Lipinski definition) is 4. The van der Waals surface area contributed by atoms with Crippen molar-refractivity contribution < 1.29 is 14.4 Å². The molecule has 1 saturated heterocycles. The lowest BCUT2D eigenvalue weighted by molar-refractivity contribution is -0.121. The van der Waals surface area contributed by atoms with Crippen molar-refractivity contribution in [3.63, 3.8) is 0 Å². The first-order valence-electron chi connectivity index (χ1n) is 9.22. The van der Waals surface area contributed by atoms with Gasteiger partial charge in [0, 0.05) is 49.8 Å². The minimum absolute atomic E-state index is 0. The molecule has 0 aromatic heterocycles. The van der Waals surface area contributed by atoms with Gasteiger partial charge >= 0.3 is 0 Å². The van der Waals surface area contributed by atoms with Gasteiger partial charge in [-0.15, -0.1) is 12.4 Å². The number of nitrogens with two attached hydrogens (primary N) is 1. The second-order valence-electron chi connectivity index (χ2n) is 6.47. The van der Waals surface area contributed by atoms with Crippen LogP contribution in [0.4, 0.5) is 5.69 Å². The van der Waals surface area contributed by atoms with Crippen LogP contribution in [0, 0.1) is 0 Å². The van der Waals surface area contributed by atoms with Crippen LogP contribution in [0.1, 0.15) is 49.4 Å². The highest BCUT2D eigenvalue weighted by Crippen LogP contribution is 2.21. The molecule has 150 valence electrons. The average molecular weight is 397 g/mol. The Morgan fingerprint density at radius 3 is 2.70 bits per heavy atom. The van der Waals surface area contributed by atoms with E-state index >= 15 is 0 Å². The van der Waals surface area contributed by atoms with Gasteiger partial charge in [-0.1, -0.05) is 13.0 Å². The molecule has 1 aliphatic rings. The number of carbonyl (C=O) groups excluding carboxylic acids is 3. The summed E-state index contributed by atoms with van der Waals surface area (Å²) in [7, 11) is 0. The summed E-state index contributed by atoms with van der Waals surface area (Å²) in [6, 6.07) is 6.97. The van der Waals surface area contributed by atoms with Crippen LogP contribution in [0.3, 0.4) is 0 Å². The predicted molar refractivity (Wildman–Crippen MR) is 108 cm³/mol. The Bertz CT molecular complexity index is 654. The van der Waals surface area contributed by atoms with Crippen LogP contribution in [0.5, 0.6) is 0 Å². The summed E-state index contributed by atoms with van der Waals surface area (Å²) in [5, 5.41) is 5.64. The first-order valence-corrected chi connectivity index (χ1v) is 9.22. The number of amides is 3. The summed E-state index contributed by atoms with van der Waals surface area (Å²) in [6.07, 6.45) is 3.52. The number of anilines is 1. The van der Waals surface area contributed by atoms with Gasteiger partial charge in [-0.05, 0) is 37.5 Å². The van der Waals surface area contributed by atoms with Gasteiger partial charge in [0.2, 0.25) is 11.8 Å². The fourth-order valence-corrected chi connectivity index (χ4v) is 3.08. The molecule has 0 spiro atoms. The highest BCUT2D eigenvalue weighted by molar-refractivity contribution is 5.97.